The summed E-state index contributed by atoms with van der Waals surface area (Å²) < 4.78 is 32.6. The molecule has 45 heavy (non-hydrogen) atoms. The molecule has 0 aliphatic carbocycles. The van der Waals surface area contributed by atoms with Crippen LogP contribution in [0.3, 0.4) is 0 Å². The van der Waals surface area contributed by atoms with E-state index in [1.165, 1.54) is 22.4 Å². The number of hydrogen-bond acceptors (Lipinski definition) is 5. The highest BCUT2D eigenvalue weighted by Crippen LogP contribution is 2.34. The van der Waals surface area contributed by atoms with Gasteiger partial charge < -0.3 is 4.90 Å². The zero-order valence-corrected chi connectivity index (χ0v) is 28.1. The van der Waals surface area contributed by atoms with E-state index in [4.69, 9.17) is 23.2 Å². The molecule has 1 N–H and O–H groups in total. The molecule has 1 saturated heterocycles. The van der Waals surface area contributed by atoms with Crippen LogP contribution in [0.5, 0.6) is 0 Å². The van der Waals surface area contributed by atoms with Crippen molar-refractivity contribution >= 4 is 44.8 Å². The molecule has 1 fully saturated rings. The van der Waals surface area contributed by atoms with Crippen LogP contribution < -0.4 is 10.3 Å². The van der Waals surface area contributed by atoms with Gasteiger partial charge in [-0.3, -0.25) is 23.9 Å². The lowest BCUT2D eigenvalue weighted by Gasteiger charge is -2.41. The number of sulfonamides is 1. The molecule has 0 atom stereocenters. The largest absolute Gasteiger partial charge is 0.341 e. The molecule has 1 aromatic heterocycles. The second-order valence-electron chi connectivity index (χ2n) is 12.0. The van der Waals surface area contributed by atoms with Gasteiger partial charge in [0.15, 0.2) is 0 Å². The predicted molar refractivity (Wildman–Crippen MR) is 179 cm³/mol. The van der Waals surface area contributed by atoms with Crippen molar-refractivity contribution in [3.63, 3.8) is 0 Å². The van der Waals surface area contributed by atoms with E-state index in [-0.39, 0.29) is 31.6 Å². The minimum absolute atomic E-state index is 0.0144. The van der Waals surface area contributed by atoms with E-state index in [9.17, 15) is 18.0 Å². The Bertz CT molecular complexity index is 1870. The summed E-state index contributed by atoms with van der Waals surface area (Å²) in [5.74, 6) is -0.414. The van der Waals surface area contributed by atoms with Crippen molar-refractivity contribution in [3.8, 4) is 5.69 Å². The highest BCUT2D eigenvalue weighted by molar-refractivity contribution is 7.92. The first-order chi connectivity index (χ1) is 21.3. The van der Waals surface area contributed by atoms with Crippen LogP contribution >= 0.6 is 23.2 Å². The summed E-state index contributed by atoms with van der Waals surface area (Å²) in [4.78, 5) is 30.7. The van der Waals surface area contributed by atoms with Crippen LogP contribution in [0.2, 0.25) is 10.0 Å². The number of likely N-dealkylation sites (tertiary alicyclic amines) is 1. The Hall–Kier alpha value is -3.57. The number of nitrogens with one attached hydrogen (secondary N) is 1. The quantitative estimate of drug-likeness (QED) is 0.237. The average molecular weight is 671 g/mol. The van der Waals surface area contributed by atoms with Crippen LogP contribution in [0.25, 0.3) is 5.69 Å². The van der Waals surface area contributed by atoms with Crippen molar-refractivity contribution in [3.05, 3.63) is 110 Å². The van der Waals surface area contributed by atoms with E-state index in [0.717, 1.165) is 32.5 Å². The highest BCUT2D eigenvalue weighted by Gasteiger charge is 2.34. The van der Waals surface area contributed by atoms with E-state index in [2.05, 4.69) is 28.7 Å². The topological polar surface area (TPSA) is 96.7 Å². The van der Waals surface area contributed by atoms with Crippen molar-refractivity contribution in [2.45, 2.75) is 38.1 Å². The monoisotopic (exact) mass is 669 g/mol. The van der Waals surface area contributed by atoms with Gasteiger partial charge in [0.1, 0.15) is 10.6 Å². The number of aromatic nitrogens is 2. The Morgan fingerprint density at radius 3 is 2.20 bits per heavy atom. The summed E-state index contributed by atoms with van der Waals surface area (Å²) >= 11 is 12.8. The molecule has 1 amide bonds. The molecular weight excluding hydrogens is 633 g/mol. The van der Waals surface area contributed by atoms with E-state index in [1.54, 1.807) is 54.9 Å². The van der Waals surface area contributed by atoms with Crippen molar-refractivity contribution in [1.82, 2.24) is 19.2 Å². The van der Waals surface area contributed by atoms with Crippen LogP contribution in [-0.2, 0) is 23.6 Å². The molecule has 0 unspecified atom stereocenters. The number of anilines is 1. The molecule has 0 saturated carbocycles. The van der Waals surface area contributed by atoms with Crippen molar-refractivity contribution in [2.75, 3.05) is 31.4 Å². The molecule has 1 aliphatic rings. The maximum Gasteiger partial charge on any atom is 0.296 e. The molecule has 3 aromatic carbocycles. The fourth-order valence-electron chi connectivity index (χ4n) is 5.87. The zero-order valence-electron chi connectivity index (χ0n) is 25.8. The first-order valence-electron chi connectivity index (χ1n) is 14.7. The standard InChI is InChI=1S/C33H37Cl2N5O4S/c1-23-30(32(42)40(38(23)4)25-13-9-6-10-14-25)36-45(43,44)29-19-26(27(34)20-28(29)35)31(41)37(3)22-33(2)15-17-39(18-16-33)21-24-11-7-5-8-12-24/h5-14,19-20,36H,15-18,21-22H2,1-4H3. The van der Waals surface area contributed by atoms with Crippen LogP contribution in [0.4, 0.5) is 5.69 Å². The van der Waals surface area contributed by atoms with Gasteiger partial charge in [0.25, 0.3) is 21.5 Å². The van der Waals surface area contributed by atoms with Crippen LogP contribution in [0, 0.1) is 12.3 Å². The lowest BCUT2D eigenvalue weighted by Crippen LogP contribution is -2.45. The summed E-state index contributed by atoms with van der Waals surface area (Å²) in [5, 5.41) is -0.123. The van der Waals surface area contributed by atoms with Gasteiger partial charge in [-0.25, -0.2) is 13.1 Å². The molecule has 5 rings (SSSR count). The van der Waals surface area contributed by atoms with Crippen molar-refractivity contribution in [2.24, 2.45) is 12.5 Å². The van der Waals surface area contributed by atoms with Gasteiger partial charge in [0.2, 0.25) is 0 Å². The predicted octanol–water partition coefficient (Wildman–Crippen LogP) is 5.97. The summed E-state index contributed by atoms with van der Waals surface area (Å²) in [6.45, 7) is 7.00. The maximum atomic E-state index is 13.7. The second kappa shape index (κ2) is 13.0. The van der Waals surface area contributed by atoms with Gasteiger partial charge in [-0.2, -0.15) is 0 Å². The smallest absolute Gasteiger partial charge is 0.296 e. The Labute approximate surface area is 274 Å². The SMILES string of the molecule is Cc1c(NS(=O)(=O)c2cc(C(=O)N(C)CC3(C)CCN(Cc4ccccc4)CC3)c(Cl)cc2Cl)c(=O)n(-c2ccccc2)n1C. The first-order valence-corrected chi connectivity index (χ1v) is 16.9. The van der Waals surface area contributed by atoms with E-state index >= 15 is 0 Å². The van der Waals surface area contributed by atoms with Gasteiger partial charge in [0.05, 0.1) is 27.0 Å². The molecule has 4 aromatic rings. The lowest BCUT2D eigenvalue weighted by atomic mass is 9.79. The van der Waals surface area contributed by atoms with Crippen molar-refractivity contribution < 1.29 is 13.2 Å². The summed E-state index contributed by atoms with van der Waals surface area (Å²) in [7, 11) is -1.03. The van der Waals surface area contributed by atoms with Gasteiger partial charge in [-0.15, -0.1) is 0 Å². The second-order valence-corrected chi connectivity index (χ2v) is 14.5. The molecule has 2 heterocycles. The molecule has 238 valence electrons. The number of piperidine rings is 1. The van der Waals surface area contributed by atoms with Gasteiger partial charge >= 0.3 is 0 Å². The fourth-order valence-corrected chi connectivity index (χ4v) is 7.85. The Morgan fingerprint density at radius 2 is 1.58 bits per heavy atom. The van der Waals surface area contributed by atoms with Crippen LogP contribution in [0.1, 0.15) is 41.4 Å². The van der Waals surface area contributed by atoms with Gasteiger partial charge in [-0.05, 0) is 68.1 Å². The molecule has 0 bridgehead atoms. The zero-order chi connectivity index (χ0) is 32.5. The normalized spacial score (nSPS) is 15.2. The Kier molecular flexibility index (Phi) is 9.51. The minimum atomic E-state index is -4.39. The molecule has 9 nitrogen and oxygen atoms in total. The van der Waals surface area contributed by atoms with E-state index in [0.29, 0.717) is 17.9 Å². The number of hydrogen-bond donors (Lipinski definition) is 1. The third kappa shape index (κ3) is 6.99. The highest BCUT2D eigenvalue weighted by atomic mass is 35.5. The van der Waals surface area contributed by atoms with Gasteiger partial charge in [0, 0.05) is 27.2 Å². The Balaban J connectivity index is 1.33. The van der Waals surface area contributed by atoms with Crippen molar-refractivity contribution in [1.29, 1.82) is 0 Å². The molecular formula is C33H37Cl2N5O4S. The number of amides is 1. The molecule has 0 spiro atoms. The third-order valence-corrected chi connectivity index (χ3v) is 10.7. The number of rotatable bonds is 9. The number of carbonyl (C=O) groups is 1. The third-order valence-electron chi connectivity index (χ3n) is 8.61. The average Bonchev–Trinajstić information content (AvgIpc) is 3.21. The number of nitrogens with zero attached hydrogens (tertiary/aromatic N) is 4. The number of halogens is 2. The number of carbonyl (C=O) groups excluding carboxylic acids is 1. The number of benzene rings is 3. The Morgan fingerprint density at radius 1 is 0.978 bits per heavy atom. The van der Waals surface area contributed by atoms with Crippen LogP contribution in [0.15, 0.2) is 82.5 Å². The van der Waals surface area contributed by atoms with E-state index < -0.39 is 21.5 Å². The maximum absolute atomic E-state index is 13.7. The first kappa shape index (κ1) is 32.8. The molecule has 1 aliphatic heterocycles. The van der Waals surface area contributed by atoms with Crippen LogP contribution in [-0.4, -0.2) is 60.2 Å². The lowest BCUT2D eigenvalue weighted by molar-refractivity contribution is 0.0574. The van der Waals surface area contributed by atoms with Gasteiger partial charge in [-0.1, -0.05) is 78.7 Å². The molecule has 12 heteroatoms. The number of para-hydroxylation sites is 1. The minimum Gasteiger partial charge on any atom is -0.341 e. The molecule has 0 radical (unpaired) electrons. The summed E-state index contributed by atoms with van der Waals surface area (Å²) in [6, 6.07) is 21.7. The summed E-state index contributed by atoms with van der Waals surface area (Å²) in [6.07, 6.45) is 1.82. The fraction of sp³-hybridized carbons (Fsp3) is 0.333. The van der Waals surface area contributed by atoms with E-state index in [1.807, 2.05) is 24.3 Å². The summed E-state index contributed by atoms with van der Waals surface area (Å²) in [5.41, 5.74) is 1.48.